The van der Waals surface area contributed by atoms with Crippen molar-refractivity contribution < 1.29 is 9.53 Å². The van der Waals surface area contributed by atoms with E-state index in [1.165, 1.54) is 0 Å². The van der Waals surface area contributed by atoms with E-state index in [-0.39, 0.29) is 23.9 Å². The monoisotopic (exact) mass is 238 g/mol. The van der Waals surface area contributed by atoms with Crippen LogP contribution in [0.15, 0.2) is 0 Å². The van der Waals surface area contributed by atoms with Crippen LogP contribution in [0.3, 0.4) is 0 Å². The Labute approximate surface area is 100 Å². The largest absolute Gasteiger partial charge is 0.381 e. The topological polar surface area (TPSA) is 79.9 Å². The highest BCUT2D eigenvalue weighted by Crippen LogP contribution is 2.22. The van der Waals surface area contributed by atoms with Gasteiger partial charge >= 0.3 is 0 Å². The molecule has 0 aliphatic heterocycles. The molecule has 1 aliphatic carbocycles. The maximum Gasteiger partial charge on any atom is 0.291 e. The third-order valence-electron chi connectivity index (χ3n) is 2.98. The van der Waals surface area contributed by atoms with Crippen molar-refractivity contribution in [3.05, 3.63) is 11.6 Å². The quantitative estimate of drug-likeness (QED) is 0.790. The van der Waals surface area contributed by atoms with Crippen LogP contribution in [0.1, 0.15) is 42.6 Å². The first-order chi connectivity index (χ1) is 8.22. The van der Waals surface area contributed by atoms with Gasteiger partial charge in [-0.2, -0.15) is 0 Å². The molecule has 2 N–H and O–H groups in total. The van der Waals surface area contributed by atoms with Crippen molar-refractivity contribution >= 4 is 5.91 Å². The van der Waals surface area contributed by atoms with Crippen molar-refractivity contribution in [1.82, 2.24) is 20.5 Å². The third kappa shape index (κ3) is 2.82. The number of methoxy groups -OCH3 is 1. The minimum Gasteiger partial charge on any atom is -0.381 e. The molecule has 17 heavy (non-hydrogen) atoms. The summed E-state index contributed by atoms with van der Waals surface area (Å²) in [7, 11) is 1.69. The molecule has 0 spiro atoms. The highest BCUT2D eigenvalue weighted by Gasteiger charge is 2.31. The SMILES string of the molecule is CCCc1nc(C(=O)NC2CC(OC)C2)n[nH]1. The van der Waals surface area contributed by atoms with Gasteiger partial charge < -0.3 is 10.1 Å². The van der Waals surface area contributed by atoms with E-state index in [4.69, 9.17) is 4.74 Å². The number of amides is 1. The molecule has 0 bridgehead atoms. The zero-order valence-electron chi connectivity index (χ0n) is 10.2. The Hall–Kier alpha value is -1.43. The Morgan fingerprint density at radius 1 is 1.59 bits per heavy atom. The zero-order valence-corrected chi connectivity index (χ0v) is 10.2. The molecule has 0 radical (unpaired) electrons. The number of aromatic amines is 1. The van der Waals surface area contributed by atoms with Gasteiger partial charge in [-0.25, -0.2) is 4.98 Å². The van der Waals surface area contributed by atoms with Gasteiger partial charge in [0.15, 0.2) is 0 Å². The van der Waals surface area contributed by atoms with Crippen molar-refractivity contribution in [2.24, 2.45) is 0 Å². The van der Waals surface area contributed by atoms with Crippen LogP contribution in [0.4, 0.5) is 0 Å². The summed E-state index contributed by atoms with van der Waals surface area (Å²) in [5.41, 5.74) is 0. The normalized spacial score (nSPS) is 23.2. The first kappa shape index (κ1) is 12.0. The lowest BCUT2D eigenvalue weighted by Crippen LogP contribution is -2.47. The fourth-order valence-corrected chi connectivity index (χ4v) is 1.87. The Bertz CT molecular complexity index is 385. The van der Waals surface area contributed by atoms with E-state index in [2.05, 4.69) is 27.4 Å². The van der Waals surface area contributed by atoms with Gasteiger partial charge in [-0.15, -0.1) is 5.10 Å². The Balaban J connectivity index is 1.83. The lowest BCUT2D eigenvalue weighted by molar-refractivity contribution is 0.0174. The number of nitrogens with one attached hydrogen (secondary N) is 2. The average Bonchev–Trinajstić information content (AvgIpc) is 2.71. The highest BCUT2D eigenvalue weighted by molar-refractivity contribution is 5.90. The summed E-state index contributed by atoms with van der Waals surface area (Å²) < 4.78 is 5.15. The number of nitrogens with zero attached hydrogens (tertiary/aromatic N) is 2. The number of carbonyl (C=O) groups is 1. The number of rotatable bonds is 5. The summed E-state index contributed by atoms with van der Waals surface area (Å²) in [5, 5.41) is 9.56. The van der Waals surface area contributed by atoms with E-state index in [1.807, 2.05) is 0 Å². The van der Waals surface area contributed by atoms with Gasteiger partial charge in [0.2, 0.25) is 5.82 Å². The molecule has 1 saturated carbocycles. The predicted molar refractivity (Wildman–Crippen MR) is 61.7 cm³/mol. The highest BCUT2D eigenvalue weighted by atomic mass is 16.5. The molecule has 1 aromatic rings. The molecule has 1 aromatic heterocycles. The Morgan fingerprint density at radius 3 is 3.00 bits per heavy atom. The van der Waals surface area contributed by atoms with Crippen LogP contribution < -0.4 is 5.32 Å². The van der Waals surface area contributed by atoms with Crippen LogP contribution >= 0.6 is 0 Å². The number of aryl methyl sites for hydroxylation is 1. The van der Waals surface area contributed by atoms with Crippen LogP contribution in [-0.4, -0.2) is 40.3 Å². The molecule has 2 rings (SSSR count). The van der Waals surface area contributed by atoms with Crippen LogP contribution in [0.25, 0.3) is 0 Å². The van der Waals surface area contributed by atoms with Crippen molar-refractivity contribution in [2.45, 2.75) is 44.8 Å². The number of ether oxygens (including phenoxy) is 1. The molecule has 6 nitrogen and oxygen atoms in total. The summed E-state index contributed by atoms with van der Waals surface area (Å²) in [6.45, 7) is 2.06. The van der Waals surface area contributed by atoms with Crippen LogP contribution in [0.2, 0.25) is 0 Å². The molecule has 0 atom stereocenters. The molecule has 0 saturated heterocycles. The van der Waals surface area contributed by atoms with Gasteiger partial charge in [-0.05, 0) is 19.3 Å². The zero-order chi connectivity index (χ0) is 12.3. The smallest absolute Gasteiger partial charge is 0.291 e. The molecule has 94 valence electrons. The summed E-state index contributed by atoms with van der Waals surface area (Å²) in [6.07, 6.45) is 3.82. The second-order valence-electron chi connectivity index (χ2n) is 4.36. The Morgan fingerprint density at radius 2 is 2.35 bits per heavy atom. The molecule has 6 heteroatoms. The molecule has 0 unspecified atom stereocenters. The number of aromatic nitrogens is 3. The van der Waals surface area contributed by atoms with Gasteiger partial charge in [0, 0.05) is 19.6 Å². The average molecular weight is 238 g/mol. The van der Waals surface area contributed by atoms with Gasteiger partial charge in [0.25, 0.3) is 5.91 Å². The lowest BCUT2D eigenvalue weighted by atomic mass is 9.89. The summed E-state index contributed by atoms with van der Waals surface area (Å²) in [6, 6.07) is 0.195. The summed E-state index contributed by atoms with van der Waals surface area (Å²) in [5.74, 6) is 0.790. The summed E-state index contributed by atoms with van der Waals surface area (Å²) >= 11 is 0. The van der Waals surface area contributed by atoms with Gasteiger partial charge in [-0.3, -0.25) is 9.89 Å². The second kappa shape index (κ2) is 5.27. The van der Waals surface area contributed by atoms with E-state index in [9.17, 15) is 4.79 Å². The van der Waals surface area contributed by atoms with E-state index >= 15 is 0 Å². The van der Waals surface area contributed by atoms with Gasteiger partial charge in [0.1, 0.15) is 5.82 Å². The molecule has 1 fully saturated rings. The second-order valence-corrected chi connectivity index (χ2v) is 4.36. The predicted octanol–water partition coefficient (Wildman–Crippen LogP) is 0.664. The molecular weight excluding hydrogens is 220 g/mol. The van der Waals surface area contributed by atoms with Gasteiger partial charge in [0.05, 0.1) is 6.10 Å². The lowest BCUT2D eigenvalue weighted by Gasteiger charge is -2.34. The Kier molecular flexibility index (Phi) is 3.73. The number of hydrogen-bond acceptors (Lipinski definition) is 4. The third-order valence-corrected chi connectivity index (χ3v) is 2.98. The first-order valence-electron chi connectivity index (χ1n) is 5.97. The molecule has 0 aromatic carbocycles. The molecule has 1 heterocycles. The van der Waals surface area contributed by atoms with Crippen molar-refractivity contribution in [3.8, 4) is 0 Å². The van der Waals surface area contributed by atoms with E-state index in [1.54, 1.807) is 7.11 Å². The molecule has 1 aliphatic rings. The minimum atomic E-state index is -0.205. The van der Waals surface area contributed by atoms with Crippen molar-refractivity contribution in [3.63, 3.8) is 0 Å². The van der Waals surface area contributed by atoms with Crippen LogP contribution in [-0.2, 0) is 11.2 Å². The van der Waals surface area contributed by atoms with E-state index in [0.29, 0.717) is 0 Å². The van der Waals surface area contributed by atoms with Crippen LogP contribution in [0, 0.1) is 0 Å². The standard InChI is InChI=1S/C11H18N4O2/c1-3-4-9-13-10(15-14-9)11(16)12-7-5-8(6-7)17-2/h7-8H,3-6H2,1-2H3,(H,12,16)(H,13,14,15). The number of H-pyrrole nitrogens is 1. The van der Waals surface area contributed by atoms with Crippen molar-refractivity contribution in [1.29, 1.82) is 0 Å². The molecular formula is C11H18N4O2. The van der Waals surface area contributed by atoms with E-state index in [0.717, 1.165) is 31.5 Å². The molecule has 1 amide bonds. The maximum atomic E-state index is 11.8. The van der Waals surface area contributed by atoms with Crippen molar-refractivity contribution in [2.75, 3.05) is 7.11 Å². The first-order valence-corrected chi connectivity index (χ1v) is 5.97. The fourth-order valence-electron chi connectivity index (χ4n) is 1.87. The number of carbonyl (C=O) groups excluding carboxylic acids is 1. The minimum absolute atomic E-state index is 0.195. The van der Waals surface area contributed by atoms with E-state index < -0.39 is 0 Å². The maximum absolute atomic E-state index is 11.8. The summed E-state index contributed by atoms with van der Waals surface area (Å²) in [4.78, 5) is 15.9. The van der Waals surface area contributed by atoms with Gasteiger partial charge in [-0.1, -0.05) is 6.92 Å². The number of hydrogen-bond donors (Lipinski definition) is 2. The van der Waals surface area contributed by atoms with Crippen LogP contribution in [0.5, 0.6) is 0 Å². The fraction of sp³-hybridized carbons (Fsp3) is 0.727.